The van der Waals surface area contributed by atoms with Crippen molar-refractivity contribution in [2.75, 3.05) is 11.9 Å². The van der Waals surface area contributed by atoms with Crippen LogP contribution in [0.2, 0.25) is 0 Å². The quantitative estimate of drug-likeness (QED) is 0.779. The molecule has 0 bridgehead atoms. The molecule has 0 aliphatic carbocycles. The van der Waals surface area contributed by atoms with Crippen LogP contribution < -0.4 is 5.32 Å². The molecule has 21 heavy (non-hydrogen) atoms. The fraction of sp³-hybridized carbons (Fsp3) is 0.235. The van der Waals surface area contributed by atoms with Crippen molar-refractivity contribution in [2.24, 2.45) is 0 Å². The standard InChI is InChI=1S/C17H15NO3/c19-17(15-6-3-9-20-15)18-11-7-8-13-12-4-1-2-5-14(12)21-16(13)10-11/h1-2,4-5,7-8,10,15H,3,6,9H2,(H,18,19)/t15-/m0/s1. The third-order valence-electron chi connectivity index (χ3n) is 3.87. The molecule has 2 heterocycles. The van der Waals surface area contributed by atoms with E-state index in [1.807, 2.05) is 42.5 Å². The molecule has 1 atom stereocenters. The summed E-state index contributed by atoms with van der Waals surface area (Å²) in [6.45, 7) is 0.667. The highest BCUT2D eigenvalue weighted by molar-refractivity contribution is 6.06. The maximum Gasteiger partial charge on any atom is 0.253 e. The van der Waals surface area contributed by atoms with Gasteiger partial charge in [-0.25, -0.2) is 0 Å². The van der Waals surface area contributed by atoms with Crippen LogP contribution in [0.25, 0.3) is 21.9 Å². The maximum absolute atomic E-state index is 12.1. The number of carbonyl (C=O) groups excluding carboxylic acids is 1. The predicted molar refractivity (Wildman–Crippen MR) is 81.3 cm³/mol. The predicted octanol–water partition coefficient (Wildman–Crippen LogP) is 3.70. The number of ether oxygens (including phenoxy) is 1. The van der Waals surface area contributed by atoms with Gasteiger partial charge >= 0.3 is 0 Å². The van der Waals surface area contributed by atoms with Gasteiger partial charge in [-0.1, -0.05) is 18.2 Å². The lowest BCUT2D eigenvalue weighted by Gasteiger charge is -2.10. The Morgan fingerprint density at radius 1 is 1.10 bits per heavy atom. The first kappa shape index (κ1) is 12.4. The summed E-state index contributed by atoms with van der Waals surface area (Å²) in [6, 6.07) is 13.7. The Morgan fingerprint density at radius 2 is 1.95 bits per heavy atom. The summed E-state index contributed by atoms with van der Waals surface area (Å²) in [5.41, 5.74) is 2.37. The Bertz CT molecular complexity index is 815. The van der Waals surface area contributed by atoms with Crippen molar-refractivity contribution < 1.29 is 13.9 Å². The van der Waals surface area contributed by atoms with Crippen molar-refractivity contribution in [3.8, 4) is 0 Å². The van der Waals surface area contributed by atoms with Crippen molar-refractivity contribution in [1.29, 1.82) is 0 Å². The number of benzene rings is 2. The van der Waals surface area contributed by atoms with Crippen molar-refractivity contribution in [2.45, 2.75) is 18.9 Å². The summed E-state index contributed by atoms with van der Waals surface area (Å²) in [4.78, 5) is 12.1. The van der Waals surface area contributed by atoms with E-state index in [0.29, 0.717) is 6.61 Å². The van der Waals surface area contributed by atoms with Crippen LogP contribution in [0.4, 0.5) is 5.69 Å². The molecule has 1 amide bonds. The van der Waals surface area contributed by atoms with Gasteiger partial charge in [-0.3, -0.25) is 4.79 Å². The topological polar surface area (TPSA) is 51.5 Å². The third kappa shape index (κ3) is 2.17. The molecule has 0 saturated carbocycles. The third-order valence-corrected chi connectivity index (χ3v) is 3.87. The van der Waals surface area contributed by atoms with Gasteiger partial charge in [0.15, 0.2) is 0 Å². The number of hydrogen-bond donors (Lipinski definition) is 1. The maximum atomic E-state index is 12.1. The van der Waals surface area contributed by atoms with Gasteiger partial charge in [0.1, 0.15) is 17.3 Å². The molecule has 0 spiro atoms. The van der Waals surface area contributed by atoms with E-state index in [1.54, 1.807) is 0 Å². The van der Waals surface area contributed by atoms with Gasteiger partial charge in [0.25, 0.3) is 5.91 Å². The first-order chi connectivity index (χ1) is 10.3. The molecule has 2 aromatic carbocycles. The molecule has 4 nitrogen and oxygen atoms in total. The fourth-order valence-electron chi connectivity index (χ4n) is 2.81. The number of anilines is 1. The average Bonchev–Trinajstić information content (AvgIpc) is 3.14. The SMILES string of the molecule is O=C(Nc1ccc2c(c1)oc1ccccc12)[C@@H]1CCCO1. The first-order valence-electron chi connectivity index (χ1n) is 7.15. The largest absolute Gasteiger partial charge is 0.456 e. The summed E-state index contributed by atoms with van der Waals surface area (Å²) in [5, 5.41) is 5.04. The van der Waals surface area contributed by atoms with E-state index in [1.165, 1.54) is 0 Å². The molecule has 1 aliphatic rings. The van der Waals surface area contributed by atoms with Gasteiger partial charge in [-0.15, -0.1) is 0 Å². The summed E-state index contributed by atoms with van der Waals surface area (Å²) in [7, 11) is 0. The normalized spacial score (nSPS) is 18.4. The van der Waals surface area contributed by atoms with Crippen LogP contribution >= 0.6 is 0 Å². The molecule has 1 aromatic heterocycles. The summed E-state index contributed by atoms with van der Waals surface area (Å²) < 4.78 is 11.2. The van der Waals surface area contributed by atoms with Crippen LogP contribution in [-0.4, -0.2) is 18.6 Å². The molecule has 0 radical (unpaired) electrons. The van der Waals surface area contributed by atoms with Crippen molar-refractivity contribution in [3.63, 3.8) is 0 Å². The minimum atomic E-state index is -0.323. The Labute approximate surface area is 121 Å². The van der Waals surface area contributed by atoms with Crippen LogP contribution in [0, 0.1) is 0 Å². The molecule has 4 heteroatoms. The van der Waals surface area contributed by atoms with Gasteiger partial charge in [-0.2, -0.15) is 0 Å². The summed E-state index contributed by atoms with van der Waals surface area (Å²) >= 11 is 0. The first-order valence-corrected chi connectivity index (χ1v) is 7.15. The van der Waals surface area contributed by atoms with E-state index in [0.717, 1.165) is 40.5 Å². The van der Waals surface area contributed by atoms with Crippen molar-refractivity contribution >= 4 is 33.5 Å². The minimum absolute atomic E-state index is 0.0806. The highest BCUT2D eigenvalue weighted by Crippen LogP contribution is 2.30. The monoisotopic (exact) mass is 281 g/mol. The molecule has 1 N–H and O–H groups in total. The number of fused-ring (bicyclic) bond motifs is 3. The Hall–Kier alpha value is -2.33. The second-order valence-electron chi connectivity index (χ2n) is 5.30. The van der Waals surface area contributed by atoms with E-state index < -0.39 is 0 Å². The molecule has 0 unspecified atom stereocenters. The number of para-hydroxylation sites is 1. The smallest absolute Gasteiger partial charge is 0.253 e. The van der Waals surface area contributed by atoms with Crippen LogP contribution in [0.15, 0.2) is 46.9 Å². The molecule has 1 saturated heterocycles. The second kappa shape index (κ2) is 4.90. The lowest BCUT2D eigenvalue weighted by molar-refractivity contribution is -0.124. The zero-order chi connectivity index (χ0) is 14.2. The number of furan rings is 1. The Balaban J connectivity index is 1.67. The zero-order valence-electron chi connectivity index (χ0n) is 11.5. The Morgan fingerprint density at radius 3 is 2.81 bits per heavy atom. The van der Waals surface area contributed by atoms with E-state index in [4.69, 9.17) is 9.15 Å². The van der Waals surface area contributed by atoms with E-state index in [9.17, 15) is 4.79 Å². The van der Waals surface area contributed by atoms with Gasteiger partial charge in [-0.05, 0) is 31.0 Å². The second-order valence-corrected chi connectivity index (χ2v) is 5.30. The highest BCUT2D eigenvalue weighted by atomic mass is 16.5. The number of rotatable bonds is 2. The molecular formula is C17H15NO3. The van der Waals surface area contributed by atoms with E-state index >= 15 is 0 Å². The van der Waals surface area contributed by atoms with Gasteiger partial charge in [0.05, 0.1) is 0 Å². The van der Waals surface area contributed by atoms with E-state index in [2.05, 4.69) is 5.32 Å². The molecule has 106 valence electrons. The van der Waals surface area contributed by atoms with Gasteiger partial charge in [0.2, 0.25) is 0 Å². The van der Waals surface area contributed by atoms with Crippen LogP contribution in [0.1, 0.15) is 12.8 Å². The molecule has 4 rings (SSSR count). The lowest BCUT2D eigenvalue weighted by Crippen LogP contribution is -2.26. The number of nitrogens with one attached hydrogen (secondary N) is 1. The van der Waals surface area contributed by atoms with Gasteiger partial charge in [0, 0.05) is 29.1 Å². The minimum Gasteiger partial charge on any atom is -0.456 e. The van der Waals surface area contributed by atoms with Crippen LogP contribution in [0.5, 0.6) is 0 Å². The van der Waals surface area contributed by atoms with Crippen molar-refractivity contribution in [3.05, 3.63) is 42.5 Å². The summed E-state index contributed by atoms with van der Waals surface area (Å²) in [6.07, 6.45) is 1.41. The average molecular weight is 281 g/mol. The molecule has 1 aliphatic heterocycles. The Kier molecular flexibility index (Phi) is 2.89. The summed E-state index contributed by atoms with van der Waals surface area (Å²) in [5.74, 6) is -0.0806. The fourth-order valence-corrected chi connectivity index (χ4v) is 2.81. The van der Waals surface area contributed by atoms with E-state index in [-0.39, 0.29) is 12.0 Å². The molecule has 1 fully saturated rings. The van der Waals surface area contributed by atoms with Crippen LogP contribution in [0.3, 0.4) is 0 Å². The number of amides is 1. The molecule has 3 aromatic rings. The van der Waals surface area contributed by atoms with Crippen molar-refractivity contribution in [1.82, 2.24) is 0 Å². The van der Waals surface area contributed by atoms with Crippen LogP contribution in [-0.2, 0) is 9.53 Å². The van der Waals surface area contributed by atoms with Gasteiger partial charge < -0.3 is 14.5 Å². The lowest BCUT2D eigenvalue weighted by atomic mass is 10.1. The number of carbonyl (C=O) groups is 1. The zero-order valence-corrected chi connectivity index (χ0v) is 11.5. The molecular weight excluding hydrogens is 266 g/mol. The highest BCUT2D eigenvalue weighted by Gasteiger charge is 2.23. The number of hydrogen-bond acceptors (Lipinski definition) is 3.